The number of carbonyl (C=O) groups excluding carboxylic acids is 1. The summed E-state index contributed by atoms with van der Waals surface area (Å²) in [4.78, 5) is 12.0. The molecule has 1 amide bonds. The average Bonchev–Trinajstić information content (AvgIpc) is 2.76. The maximum absolute atomic E-state index is 12.0. The minimum absolute atomic E-state index is 0.0559. The summed E-state index contributed by atoms with van der Waals surface area (Å²) in [5.41, 5.74) is 4.56. The van der Waals surface area contributed by atoms with Gasteiger partial charge in [-0.25, -0.2) is 0 Å². The van der Waals surface area contributed by atoms with E-state index in [0.717, 1.165) is 28.1 Å². The van der Waals surface area contributed by atoms with E-state index in [4.69, 9.17) is 4.74 Å². The number of para-hydroxylation sites is 1. The highest BCUT2D eigenvalue weighted by Gasteiger charge is 2.23. The lowest BCUT2D eigenvalue weighted by atomic mass is 10.0. The number of ether oxygens (including phenoxy) is 1. The molecule has 1 heterocycles. The van der Waals surface area contributed by atoms with Gasteiger partial charge in [-0.2, -0.15) is 0 Å². The van der Waals surface area contributed by atoms with E-state index in [1.165, 1.54) is 0 Å². The summed E-state index contributed by atoms with van der Waals surface area (Å²) >= 11 is 0. The molecule has 0 saturated carbocycles. The van der Waals surface area contributed by atoms with Gasteiger partial charge in [0.25, 0.3) is 5.91 Å². The predicted molar refractivity (Wildman–Crippen MR) is 80.7 cm³/mol. The molecule has 20 heavy (non-hydrogen) atoms. The quantitative estimate of drug-likeness (QED) is 0.844. The topological polar surface area (TPSA) is 38.3 Å². The number of carbonyl (C=O) groups is 1. The van der Waals surface area contributed by atoms with Crippen molar-refractivity contribution in [1.29, 1.82) is 0 Å². The van der Waals surface area contributed by atoms with Crippen molar-refractivity contribution in [3.05, 3.63) is 59.2 Å². The molecule has 0 radical (unpaired) electrons. The molecule has 0 unspecified atom stereocenters. The molecule has 1 aliphatic rings. The molecule has 0 aromatic heterocycles. The van der Waals surface area contributed by atoms with Gasteiger partial charge in [-0.05, 0) is 42.3 Å². The number of benzene rings is 2. The number of methoxy groups -OCH3 is 1. The number of fused-ring (bicyclic) bond motifs is 1. The molecule has 0 fully saturated rings. The maximum atomic E-state index is 12.0. The Hall–Kier alpha value is -2.55. The third kappa shape index (κ3) is 2.07. The van der Waals surface area contributed by atoms with Gasteiger partial charge in [0.1, 0.15) is 5.75 Å². The van der Waals surface area contributed by atoms with E-state index < -0.39 is 0 Å². The van der Waals surface area contributed by atoms with Gasteiger partial charge in [0.2, 0.25) is 0 Å². The fraction of sp³-hybridized carbons (Fsp3) is 0.118. The Morgan fingerprint density at radius 3 is 2.70 bits per heavy atom. The summed E-state index contributed by atoms with van der Waals surface area (Å²) in [5.74, 6) is 0.795. The lowest BCUT2D eigenvalue weighted by Crippen LogP contribution is -2.03. The molecule has 1 aliphatic heterocycles. The first-order valence-corrected chi connectivity index (χ1v) is 6.46. The molecule has 2 aromatic rings. The summed E-state index contributed by atoms with van der Waals surface area (Å²) in [6.45, 7) is 1.99. The number of hydrogen-bond donors (Lipinski definition) is 1. The maximum Gasteiger partial charge on any atom is 0.256 e. The van der Waals surface area contributed by atoms with Crippen molar-refractivity contribution in [3.8, 4) is 5.75 Å². The van der Waals surface area contributed by atoms with Gasteiger partial charge in [0.05, 0.1) is 7.11 Å². The molecular formula is C17H15NO2. The molecule has 0 bridgehead atoms. The zero-order valence-electron chi connectivity index (χ0n) is 11.4. The van der Waals surface area contributed by atoms with E-state index >= 15 is 0 Å². The molecule has 0 aliphatic carbocycles. The molecule has 0 atom stereocenters. The van der Waals surface area contributed by atoms with E-state index in [-0.39, 0.29) is 5.91 Å². The van der Waals surface area contributed by atoms with E-state index in [9.17, 15) is 4.79 Å². The van der Waals surface area contributed by atoms with Crippen LogP contribution >= 0.6 is 0 Å². The number of anilines is 1. The summed E-state index contributed by atoms with van der Waals surface area (Å²) < 4.78 is 5.25. The van der Waals surface area contributed by atoms with Gasteiger partial charge in [-0.3, -0.25) is 4.79 Å². The highest BCUT2D eigenvalue weighted by molar-refractivity contribution is 6.34. The largest absolute Gasteiger partial charge is 0.496 e. The number of aryl methyl sites for hydroxylation is 1. The van der Waals surface area contributed by atoms with Gasteiger partial charge in [0.15, 0.2) is 0 Å². The number of hydrogen-bond acceptors (Lipinski definition) is 2. The third-order valence-electron chi connectivity index (χ3n) is 3.44. The Bertz CT molecular complexity index is 717. The van der Waals surface area contributed by atoms with E-state index in [2.05, 4.69) is 5.32 Å². The predicted octanol–water partition coefficient (Wildman–Crippen LogP) is 3.50. The average molecular weight is 265 g/mol. The third-order valence-corrected chi connectivity index (χ3v) is 3.44. The van der Waals surface area contributed by atoms with Crippen molar-refractivity contribution in [2.45, 2.75) is 6.92 Å². The Labute approximate surface area is 117 Å². The molecule has 3 rings (SSSR count). The Balaban J connectivity index is 2.04. The second-order valence-electron chi connectivity index (χ2n) is 4.79. The van der Waals surface area contributed by atoms with Gasteiger partial charge >= 0.3 is 0 Å². The van der Waals surface area contributed by atoms with Crippen LogP contribution in [0.15, 0.2) is 42.5 Å². The first-order chi connectivity index (χ1) is 9.69. The molecule has 3 nitrogen and oxygen atoms in total. The fourth-order valence-electron chi connectivity index (χ4n) is 2.44. The molecule has 2 aromatic carbocycles. The zero-order chi connectivity index (χ0) is 14.1. The Kier molecular flexibility index (Phi) is 3.03. The van der Waals surface area contributed by atoms with Crippen LogP contribution < -0.4 is 10.1 Å². The number of nitrogens with one attached hydrogen (secondary N) is 1. The summed E-state index contributed by atoms with van der Waals surface area (Å²) in [5, 5.41) is 2.87. The zero-order valence-corrected chi connectivity index (χ0v) is 11.4. The SMILES string of the molecule is COc1ccc(/C=C2\C(=O)Nc3ccccc32)cc1C. The highest BCUT2D eigenvalue weighted by Crippen LogP contribution is 2.33. The van der Waals surface area contributed by atoms with Crippen molar-refractivity contribution in [3.63, 3.8) is 0 Å². The second-order valence-corrected chi connectivity index (χ2v) is 4.79. The molecular weight excluding hydrogens is 250 g/mol. The van der Waals surface area contributed by atoms with Crippen LogP contribution in [-0.4, -0.2) is 13.0 Å². The summed E-state index contributed by atoms with van der Waals surface area (Å²) in [6.07, 6.45) is 1.91. The van der Waals surface area contributed by atoms with Crippen molar-refractivity contribution in [1.82, 2.24) is 0 Å². The van der Waals surface area contributed by atoms with Gasteiger partial charge in [-0.1, -0.05) is 24.3 Å². The fourth-order valence-corrected chi connectivity index (χ4v) is 2.44. The van der Waals surface area contributed by atoms with E-state index in [1.807, 2.05) is 55.5 Å². The first-order valence-electron chi connectivity index (χ1n) is 6.46. The standard InChI is InChI=1S/C17H15NO2/c1-11-9-12(7-8-16(11)20-2)10-14-13-5-3-4-6-15(13)18-17(14)19/h3-10H,1-2H3,(H,18,19)/b14-10-. The minimum Gasteiger partial charge on any atom is -0.496 e. The van der Waals surface area contributed by atoms with Crippen molar-refractivity contribution in [2.75, 3.05) is 12.4 Å². The van der Waals surface area contributed by atoms with E-state index in [1.54, 1.807) is 7.11 Å². The lowest BCUT2D eigenvalue weighted by Gasteiger charge is -2.05. The van der Waals surface area contributed by atoms with Crippen molar-refractivity contribution >= 4 is 23.2 Å². The van der Waals surface area contributed by atoms with E-state index in [0.29, 0.717) is 5.57 Å². The van der Waals surface area contributed by atoms with Gasteiger partial charge in [-0.15, -0.1) is 0 Å². The minimum atomic E-state index is -0.0559. The lowest BCUT2D eigenvalue weighted by molar-refractivity contribution is -0.110. The first kappa shape index (κ1) is 12.5. The van der Waals surface area contributed by atoms with Crippen LogP contribution in [-0.2, 0) is 4.79 Å². The van der Waals surface area contributed by atoms with Crippen molar-refractivity contribution < 1.29 is 9.53 Å². The van der Waals surface area contributed by atoms with Gasteiger partial charge in [0, 0.05) is 16.8 Å². The van der Waals surface area contributed by atoms with Crippen LogP contribution in [0.5, 0.6) is 5.75 Å². The Morgan fingerprint density at radius 1 is 1.15 bits per heavy atom. The monoisotopic (exact) mass is 265 g/mol. The molecule has 3 heteroatoms. The Morgan fingerprint density at radius 2 is 1.95 bits per heavy atom. The van der Waals surface area contributed by atoms with Gasteiger partial charge < -0.3 is 10.1 Å². The van der Waals surface area contributed by atoms with Crippen LogP contribution in [0.4, 0.5) is 5.69 Å². The summed E-state index contributed by atoms with van der Waals surface area (Å²) in [6, 6.07) is 13.6. The van der Waals surface area contributed by atoms with Crippen LogP contribution in [0.2, 0.25) is 0 Å². The number of rotatable bonds is 2. The van der Waals surface area contributed by atoms with Crippen LogP contribution in [0.1, 0.15) is 16.7 Å². The highest BCUT2D eigenvalue weighted by atomic mass is 16.5. The molecule has 0 spiro atoms. The smallest absolute Gasteiger partial charge is 0.256 e. The molecule has 100 valence electrons. The second kappa shape index (κ2) is 4.85. The number of amides is 1. The molecule has 1 N–H and O–H groups in total. The molecule has 0 saturated heterocycles. The normalized spacial score (nSPS) is 15.1. The van der Waals surface area contributed by atoms with Crippen LogP contribution in [0, 0.1) is 6.92 Å². The van der Waals surface area contributed by atoms with Crippen LogP contribution in [0.25, 0.3) is 11.6 Å². The van der Waals surface area contributed by atoms with Crippen LogP contribution in [0.3, 0.4) is 0 Å². The van der Waals surface area contributed by atoms with Crippen molar-refractivity contribution in [2.24, 2.45) is 0 Å². The summed E-state index contributed by atoms with van der Waals surface area (Å²) in [7, 11) is 1.65.